The van der Waals surface area contributed by atoms with Crippen LogP contribution in [0.5, 0.6) is 11.5 Å². The third kappa shape index (κ3) is 3.35. The summed E-state index contributed by atoms with van der Waals surface area (Å²) in [5.41, 5.74) is 0.636. The summed E-state index contributed by atoms with van der Waals surface area (Å²) in [4.78, 5) is 16.9. The van der Waals surface area contributed by atoms with Gasteiger partial charge in [0.2, 0.25) is 0 Å². The Morgan fingerprint density at radius 2 is 1.88 bits per heavy atom. The molecule has 0 bridgehead atoms. The molecule has 0 saturated carbocycles. The van der Waals surface area contributed by atoms with Crippen LogP contribution in [0.1, 0.15) is 16.8 Å². The number of carbonyl (C=O) groups excluding carboxylic acids is 1. The average molecular weight is 340 g/mol. The van der Waals surface area contributed by atoms with Gasteiger partial charge in [-0.15, -0.1) is 5.10 Å². The van der Waals surface area contributed by atoms with Crippen LogP contribution in [0.2, 0.25) is 0 Å². The Hall–Kier alpha value is -2.83. The number of hydrogen-bond acceptors (Lipinski definition) is 6. The normalized spacial score (nSPS) is 17.1. The third-order valence-corrected chi connectivity index (χ3v) is 4.45. The Morgan fingerprint density at radius 1 is 1.00 bits per heavy atom. The first-order valence-corrected chi connectivity index (χ1v) is 8.53. The number of anilines is 1. The molecule has 0 N–H and O–H groups in total. The van der Waals surface area contributed by atoms with E-state index in [0.29, 0.717) is 36.8 Å². The third-order valence-electron chi connectivity index (χ3n) is 4.45. The van der Waals surface area contributed by atoms with Crippen LogP contribution in [0, 0.1) is 0 Å². The molecule has 0 atom stereocenters. The quantitative estimate of drug-likeness (QED) is 0.827. The molecule has 1 aromatic carbocycles. The van der Waals surface area contributed by atoms with Gasteiger partial charge in [0, 0.05) is 37.9 Å². The van der Waals surface area contributed by atoms with Crippen LogP contribution in [0.15, 0.2) is 36.5 Å². The second-order valence-electron chi connectivity index (χ2n) is 6.07. The highest BCUT2D eigenvalue weighted by Gasteiger charge is 2.22. The number of nitrogens with zero attached hydrogens (tertiary/aromatic N) is 4. The number of carbonyl (C=O) groups is 1. The van der Waals surface area contributed by atoms with Gasteiger partial charge in [0.1, 0.15) is 13.2 Å². The number of fused-ring (bicyclic) bond motifs is 1. The summed E-state index contributed by atoms with van der Waals surface area (Å²) < 4.78 is 11.1. The van der Waals surface area contributed by atoms with Crippen LogP contribution in [-0.2, 0) is 0 Å². The summed E-state index contributed by atoms with van der Waals surface area (Å²) >= 11 is 0. The largest absolute Gasteiger partial charge is 0.486 e. The zero-order valence-electron chi connectivity index (χ0n) is 13.9. The van der Waals surface area contributed by atoms with Gasteiger partial charge in [-0.25, -0.2) is 0 Å². The lowest BCUT2D eigenvalue weighted by Gasteiger charge is -2.23. The maximum atomic E-state index is 12.9. The van der Waals surface area contributed by atoms with E-state index < -0.39 is 0 Å². The van der Waals surface area contributed by atoms with Gasteiger partial charge < -0.3 is 19.3 Å². The Balaban J connectivity index is 1.46. The van der Waals surface area contributed by atoms with E-state index in [-0.39, 0.29) is 5.91 Å². The molecule has 2 aliphatic heterocycles. The summed E-state index contributed by atoms with van der Waals surface area (Å²) in [6, 6.07) is 9.23. The van der Waals surface area contributed by atoms with Crippen LogP contribution < -0.4 is 14.4 Å². The van der Waals surface area contributed by atoms with Gasteiger partial charge in [0.05, 0.1) is 0 Å². The van der Waals surface area contributed by atoms with Crippen LogP contribution in [-0.4, -0.2) is 60.4 Å². The van der Waals surface area contributed by atoms with Crippen molar-refractivity contribution in [3.05, 3.63) is 42.1 Å². The van der Waals surface area contributed by atoms with E-state index in [4.69, 9.17) is 9.47 Å². The molecule has 0 radical (unpaired) electrons. The summed E-state index contributed by atoms with van der Waals surface area (Å²) in [5.74, 6) is 2.23. The standard InChI is InChI=1S/C18H20N4O3/c23-18(14-4-5-15-16(13-14)25-12-11-24-15)22-8-2-7-21(9-10-22)17-3-1-6-19-20-17/h1,3-6,13H,2,7-12H2. The molecule has 130 valence electrons. The number of benzene rings is 1. The molecule has 1 saturated heterocycles. The maximum absolute atomic E-state index is 12.9. The van der Waals surface area contributed by atoms with E-state index in [1.54, 1.807) is 18.3 Å². The Labute approximate surface area is 146 Å². The van der Waals surface area contributed by atoms with Crippen LogP contribution in [0.25, 0.3) is 0 Å². The van der Waals surface area contributed by atoms with Crippen molar-refractivity contribution in [2.45, 2.75) is 6.42 Å². The minimum Gasteiger partial charge on any atom is -0.486 e. The monoisotopic (exact) mass is 340 g/mol. The molecular formula is C18H20N4O3. The smallest absolute Gasteiger partial charge is 0.254 e. The zero-order chi connectivity index (χ0) is 17.1. The van der Waals surface area contributed by atoms with Gasteiger partial charge >= 0.3 is 0 Å². The Morgan fingerprint density at radius 3 is 2.72 bits per heavy atom. The van der Waals surface area contributed by atoms with Gasteiger partial charge in [-0.1, -0.05) is 0 Å². The van der Waals surface area contributed by atoms with Crippen molar-refractivity contribution in [3.8, 4) is 11.5 Å². The molecule has 1 amide bonds. The van der Waals surface area contributed by atoms with E-state index in [1.165, 1.54) is 0 Å². The zero-order valence-corrected chi connectivity index (χ0v) is 13.9. The number of hydrogen-bond donors (Lipinski definition) is 0. The van der Waals surface area contributed by atoms with Gasteiger partial charge in [-0.05, 0) is 36.8 Å². The van der Waals surface area contributed by atoms with Gasteiger partial charge in [-0.2, -0.15) is 5.10 Å². The molecule has 25 heavy (non-hydrogen) atoms. The lowest BCUT2D eigenvalue weighted by Crippen LogP contribution is -2.35. The maximum Gasteiger partial charge on any atom is 0.254 e. The van der Waals surface area contributed by atoms with Crippen LogP contribution in [0.3, 0.4) is 0 Å². The number of ether oxygens (including phenoxy) is 2. The highest BCUT2D eigenvalue weighted by molar-refractivity contribution is 5.95. The molecule has 0 spiro atoms. The molecule has 0 aliphatic carbocycles. The Bertz CT molecular complexity index is 753. The predicted octanol–water partition coefficient (Wildman–Crippen LogP) is 1.60. The second-order valence-corrected chi connectivity index (χ2v) is 6.07. The van der Waals surface area contributed by atoms with Crippen molar-refractivity contribution in [1.82, 2.24) is 15.1 Å². The molecular weight excluding hydrogens is 320 g/mol. The van der Waals surface area contributed by atoms with Crippen molar-refractivity contribution >= 4 is 11.7 Å². The minimum atomic E-state index is 0.0259. The van der Waals surface area contributed by atoms with Crippen LogP contribution in [0.4, 0.5) is 5.82 Å². The fraction of sp³-hybridized carbons (Fsp3) is 0.389. The van der Waals surface area contributed by atoms with Crippen LogP contribution >= 0.6 is 0 Å². The molecule has 4 rings (SSSR count). The van der Waals surface area contributed by atoms with Crippen molar-refractivity contribution in [2.24, 2.45) is 0 Å². The summed E-state index contributed by atoms with van der Waals surface area (Å²) in [6.07, 6.45) is 2.56. The molecule has 2 aromatic rings. The fourth-order valence-corrected chi connectivity index (χ4v) is 3.17. The fourth-order valence-electron chi connectivity index (χ4n) is 3.17. The van der Waals surface area contributed by atoms with Crippen molar-refractivity contribution in [2.75, 3.05) is 44.3 Å². The molecule has 7 heteroatoms. The first kappa shape index (κ1) is 15.7. The van der Waals surface area contributed by atoms with E-state index in [9.17, 15) is 4.79 Å². The molecule has 1 fully saturated rings. The minimum absolute atomic E-state index is 0.0259. The number of amides is 1. The molecule has 0 unspecified atom stereocenters. The predicted molar refractivity (Wildman–Crippen MR) is 92.2 cm³/mol. The number of aromatic nitrogens is 2. The second kappa shape index (κ2) is 6.96. The first-order chi connectivity index (χ1) is 12.3. The van der Waals surface area contributed by atoms with E-state index in [2.05, 4.69) is 15.1 Å². The average Bonchev–Trinajstić information content (AvgIpc) is 2.94. The van der Waals surface area contributed by atoms with E-state index >= 15 is 0 Å². The highest BCUT2D eigenvalue weighted by Crippen LogP contribution is 2.31. The van der Waals surface area contributed by atoms with Crippen molar-refractivity contribution in [3.63, 3.8) is 0 Å². The van der Waals surface area contributed by atoms with Gasteiger partial charge in [0.15, 0.2) is 17.3 Å². The highest BCUT2D eigenvalue weighted by atomic mass is 16.6. The number of rotatable bonds is 2. The molecule has 3 heterocycles. The molecule has 2 aliphatic rings. The van der Waals surface area contributed by atoms with Crippen molar-refractivity contribution < 1.29 is 14.3 Å². The van der Waals surface area contributed by atoms with E-state index in [1.807, 2.05) is 23.1 Å². The summed E-state index contributed by atoms with van der Waals surface area (Å²) in [5, 5.41) is 8.10. The SMILES string of the molecule is O=C(c1ccc2c(c1)OCCO2)N1CCCN(c2cccnn2)CC1. The van der Waals surface area contributed by atoms with Crippen molar-refractivity contribution in [1.29, 1.82) is 0 Å². The topological polar surface area (TPSA) is 67.8 Å². The molecule has 7 nitrogen and oxygen atoms in total. The lowest BCUT2D eigenvalue weighted by atomic mass is 10.1. The van der Waals surface area contributed by atoms with Gasteiger partial charge in [-0.3, -0.25) is 4.79 Å². The van der Waals surface area contributed by atoms with Gasteiger partial charge in [0.25, 0.3) is 5.91 Å². The summed E-state index contributed by atoms with van der Waals surface area (Å²) in [6.45, 7) is 4.05. The lowest BCUT2D eigenvalue weighted by molar-refractivity contribution is 0.0766. The first-order valence-electron chi connectivity index (χ1n) is 8.53. The summed E-state index contributed by atoms with van der Waals surface area (Å²) in [7, 11) is 0. The Kier molecular flexibility index (Phi) is 4.37. The van der Waals surface area contributed by atoms with E-state index in [0.717, 1.165) is 31.9 Å². The molecule has 1 aromatic heterocycles.